The van der Waals surface area contributed by atoms with Crippen LogP contribution in [0.1, 0.15) is 149 Å². The summed E-state index contributed by atoms with van der Waals surface area (Å²) in [6.07, 6.45) is -18.1. The largest absolute Gasteiger partial charge is 0.508 e. The van der Waals surface area contributed by atoms with E-state index in [1.807, 2.05) is 0 Å². The lowest BCUT2D eigenvalue weighted by atomic mass is 9.72. The molecule has 36 nitrogen and oxygen atoms in total. The van der Waals surface area contributed by atoms with E-state index < -0.39 is 340 Å². The van der Waals surface area contributed by atoms with E-state index in [1.54, 1.807) is 0 Å². The highest BCUT2D eigenvalue weighted by Crippen LogP contribution is 2.68. The standard InChI is InChI=1S/C90H68O36/c91-33-19-48(105)60-59(20-33)121-81(28-2-8-36(93)43(100)14-28)75(116)70(60)62-50(107)23-52(109)64-72(77(118)83(123-87(62)64)30-4-10-38(95)45(102)16-30)66-54(111)25-56(113)68-74(79(120)85(125-89(66)68)32-6-12-40(97)47(104)18-32)69-57(114)26-55(112)67-73(78(119)84(126-90(67)69)31-5-11-39(96)46(103)17-31)65-53(110)24-51(108)63-71(76(117)82(124-88(63)65)29-3-9-37(94)44(101)15-29)61-49(106)22-41(98)34-21-58(115)80(122-86(34)61)27-1-7-35(92)42(99)13-27/h1-26,70,72,74-75,77,79-85,91-120H/t70-,72-,74-,75?,77?,79?,80?,81?,82?,83?,84?,85?/m1/s1. The van der Waals surface area contributed by atoms with Crippen LogP contribution in [0.15, 0.2) is 169 Å². The first-order valence-electron chi connectivity index (χ1n) is 37.8. The topological polar surface area (TPSA) is 662 Å². The maximum atomic E-state index is 13.7. The highest BCUT2D eigenvalue weighted by molar-refractivity contribution is 6.02. The first kappa shape index (κ1) is 80.2. The lowest BCUT2D eigenvalue weighted by molar-refractivity contribution is -0.00772. The minimum atomic E-state index is -2.47. The number of ether oxygens (including phenoxy) is 6. The number of hydrogen-bond acceptors (Lipinski definition) is 36. The van der Waals surface area contributed by atoms with Crippen LogP contribution in [0, 0.1) is 0 Å². The minimum absolute atomic E-state index is 0.0931. The van der Waals surface area contributed by atoms with Crippen molar-refractivity contribution in [1.29, 1.82) is 0 Å². The van der Waals surface area contributed by atoms with Crippen LogP contribution in [0.4, 0.5) is 0 Å². The summed E-state index contributed by atoms with van der Waals surface area (Å²) in [7, 11) is 0. The third-order valence-electron chi connectivity index (χ3n) is 23.3. The fourth-order valence-corrected chi connectivity index (χ4v) is 17.6. The zero-order valence-corrected chi connectivity index (χ0v) is 63.8. The molecule has 0 spiro atoms. The van der Waals surface area contributed by atoms with Crippen molar-refractivity contribution in [3.63, 3.8) is 0 Å². The first-order valence-corrected chi connectivity index (χ1v) is 37.8. The molecule has 18 rings (SSSR count). The van der Waals surface area contributed by atoms with Crippen molar-refractivity contribution < 1.29 is 182 Å². The molecule has 0 saturated carbocycles. The number of aliphatic hydroxyl groups is 6. The number of aromatic hydroxyl groups is 24. The number of benzene rings is 12. The Labute approximate surface area is 704 Å². The summed E-state index contributed by atoms with van der Waals surface area (Å²) in [6, 6.07) is 22.9. The normalized spacial score (nSPS) is 21.4. The van der Waals surface area contributed by atoms with Crippen molar-refractivity contribution in [2.75, 3.05) is 0 Å². The van der Waals surface area contributed by atoms with Gasteiger partial charge < -0.3 is 182 Å². The Hall–Kier alpha value is -16.9. The second-order valence-corrected chi connectivity index (χ2v) is 30.7. The van der Waals surface area contributed by atoms with Crippen LogP contribution in [-0.2, 0) is 0 Å². The number of hydrogen-bond donors (Lipinski definition) is 30. The van der Waals surface area contributed by atoms with Crippen molar-refractivity contribution in [3.05, 3.63) is 264 Å². The molecule has 0 radical (unpaired) electrons. The van der Waals surface area contributed by atoms with Gasteiger partial charge in [-0.3, -0.25) is 0 Å². The Morgan fingerprint density at radius 1 is 0.206 bits per heavy atom. The van der Waals surface area contributed by atoms with Crippen LogP contribution in [-0.4, -0.2) is 172 Å². The van der Waals surface area contributed by atoms with Crippen LogP contribution in [0.25, 0.3) is 17.2 Å². The molecule has 0 amide bonds. The van der Waals surface area contributed by atoms with Gasteiger partial charge >= 0.3 is 0 Å². The molecule has 126 heavy (non-hydrogen) atoms. The number of rotatable bonds is 11. The third kappa shape index (κ3) is 12.3. The Bertz CT molecular complexity index is 6810. The molecule has 0 aliphatic carbocycles. The maximum absolute atomic E-state index is 13.7. The molecule has 0 aromatic heterocycles. The highest BCUT2D eigenvalue weighted by Gasteiger charge is 2.55. The van der Waals surface area contributed by atoms with Gasteiger partial charge in [-0.15, -0.1) is 0 Å². The third-order valence-corrected chi connectivity index (χ3v) is 23.3. The van der Waals surface area contributed by atoms with Crippen molar-refractivity contribution in [2.45, 2.75) is 72.7 Å². The monoisotopic (exact) mass is 1720 g/mol. The number of phenolic OH excluding ortho intramolecular Hbond substituents is 24. The molecule has 36 heteroatoms. The van der Waals surface area contributed by atoms with E-state index in [2.05, 4.69) is 0 Å². The van der Waals surface area contributed by atoms with Crippen molar-refractivity contribution >= 4 is 17.2 Å². The zero-order valence-electron chi connectivity index (χ0n) is 63.8. The molecular formula is C90H68O36. The fraction of sp³-hybridized carbons (Fsp3) is 0.133. The van der Waals surface area contributed by atoms with Gasteiger partial charge in [0.15, 0.2) is 106 Å². The average molecular weight is 1730 g/mol. The van der Waals surface area contributed by atoms with Gasteiger partial charge in [-0.25, -0.2) is 0 Å². The summed E-state index contributed by atoms with van der Waals surface area (Å²) >= 11 is 0. The van der Waals surface area contributed by atoms with Gasteiger partial charge in [-0.1, -0.05) is 36.4 Å². The lowest BCUT2D eigenvalue weighted by Gasteiger charge is -2.44. The SMILES string of the molecule is OC1=Cc2c(O)cc(O)c(C3=C(O)C(c4ccc(O)c(O)c4)Oc4c3c(O)cc(O)c4C3=C(O)C(c4ccc(O)c(O)c4)Oc4c3c(O)cc(O)c4[C@H]3c4c(O)cc(O)c([C@H]5c6c(O)cc(O)c([C@H]7c8c(O)cc(O)cc8OC(c8ccc(O)c(O)c8)C7O)c6OC(c6ccc(O)c(O)c6)C5O)c4OC(c4ccc(O)c(O)c4)C3O)c2OC1c1ccc(O)c(O)c1. The van der Waals surface area contributed by atoms with E-state index in [0.29, 0.717) is 30.3 Å². The van der Waals surface area contributed by atoms with Gasteiger partial charge in [0, 0.05) is 104 Å². The van der Waals surface area contributed by atoms with E-state index >= 15 is 0 Å². The van der Waals surface area contributed by atoms with E-state index in [-0.39, 0.29) is 27.8 Å². The molecule has 12 aromatic carbocycles. The highest BCUT2D eigenvalue weighted by atomic mass is 16.5. The van der Waals surface area contributed by atoms with Gasteiger partial charge in [-0.2, -0.15) is 0 Å². The Morgan fingerprint density at radius 3 is 0.865 bits per heavy atom. The van der Waals surface area contributed by atoms with Crippen molar-refractivity contribution in [3.8, 4) is 172 Å². The van der Waals surface area contributed by atoms with E-state index in [0.717, 1.165) is 115 Å². The Morgan fingerprint density at radius 2 is 0.484 bits per heavy atom. The Balaban J connectivity index is 0.904. The summed E-state index contributed by atoms with van der Waals surface area (Å²) in [6.45, 7) is 0. The molecular weight excluding hydrogens is 1660 g/mol. The number of aliphatic hydroxyl groups excluding tert-OH is 6. The quantitative estimate of drug-likeness (QED) is 0.0535. The smallest absolute Gasteiger partial charge is 0.181 e. The summed E-state index contributed by atoms with van der Waals surface area (Å²) in [4.78, 5) is 0. The molecule has 6 aliphatic rings. The molecule has 6 heterocycles. The molecule has 12 aromatic rings. The van der Waals surface area contributed by atoms with Crippen LogP contribution in [0.5, 0.6) is 172 Å². The predicted molar refractivity (Wildman–Crippen MR) is 429 cm³/mol. The molecule has 644 valence electrons. The zero-order chi connectivity index (χ0) is 89.6. The van der Waals surface area contributed by atoms with Gasteiger partial charge in [0.05, 0.1) is 45.6 Å². The van der Waals surface area contributed by atoms with E-state index in [9.17, 15) is 153 Å². The molecule has 0 saturated heterocycles. The van der Waals surface area contributed by atoms with Gasteiger partial charge in [0.1, 0.15) is 139 Å². The van der Waals surface area contributed by atoms with Crippen LogP contribution >= 0.6 is 0 Å². The predicted octanol–water partition coefficient (Wildman–Crippen LogP) is 11.4. The lowest BCUT2D eigenvalue weighted by Crippen LogP contribution is -2.39. The van der Waals surface area contributed by atoms with Crippen LogP contribution in [0.2, 0.25) is 0 Å². The van der Waals surface area contributed by atoms with Gasteiger partial charge in [-0.05, 0) is 95.6 Å². The summed E-state index contributed by atoms with van der Waals surface area (Å²) in [5, 5.41) is 359. The van der Waals surface area contributed by atoms with E-state index in [4.69, 9.17) is 28.4 Å². The van der Waals surface area contributed by atoms with Crippen molar-refractivity contribution in [2.24, 2.45) is 0 Å². The molecule has 0 bridgehead atoms. The average Bonchev–Trinajstić information content (AvgIpc) is 0.705. The second kappa shape index (κ2) is 28.9. The van der Waals surface area contributed by atoms with Crippen LogP contribution in [0.3, 0.4) is 0 Å². The molecule has 9 unspecified atom stereocenters. The summed E-state index contributed by atoms with van der Waals surface area (Å²) < 4.78 is 39.6. The number of fused-ring (bicyclic) bond motifs is 6. The molecule has 12 atom stereocenters. The van der Waals surface area contributed by atoms with Crippen LogP contribution < -0.4 is 28.4 Å². The summed E-state index contributed by atoms with van der Waals surface area (Å²) in [5.41, 5.74) is -11.4. The van der Waals surface area contributed by atoms with E-state index in [1.165, 1.54) is 12.1 Å². The van der Waals surface area contributed by atoms with Gasteiger partial charge in [0.25, 0.3) is 0 Å². The number of phenols is 24. The maximum Gasteiger partial charge on any atom is 0.181 e. The van der Waals surface area contributed by atoms with Crippen molar-refractivity contribution in [1.82, 2.24) is 0 Å². The fourth-order valence-electron chi connectivity index (χ4n) is 17.6. The summed E-state index contributed by atoms with van der Waals surface area (Å²) in [5.74, 6) is -35.8. The molecule has 6 aliphatic heterocycles. The second-order valence-electron chi connectivity index (χ2n) is 30.7. The Kier molecular flexibility index (Phi) is 18.4. The molecule has 30 N–H and O–H groups in total. The minimum Gasteiger partial charge on any atom is -0.508 e. The first-order chi connectivity index (χ1) is 59.9. The molecule has 0 fully saturated rings. The van der Waals surface area contributed by atoms with Gasteiger partial charge in [0.2, 0.25) is 0 Å².